The first-order chi connectivity index (χ1) is 2.27. The Morgan fingerprint density at radius 2 is 2.20 bits per heavy atom. The van der Waals surface area contributed by atoms with E-state index in [1.54, 1.807) is 0 Å². The van der Waals surface area contributed by atoms with Gasteiger partial charge in [0.25, 0.3) is 0 Å². The number of carbonyl (C=O) groups is 1. The molecule has 5 heavy (non-hydrogen) atoms. The first kappa shape index (κ1) is 4.92. The van der Waals surface area contributed by atoms with Crippen LogP contribution in [0.1, 0.15) is 0 Å². The predicted molar refractivity (Wildman–Crippen MR) is 12.2 cm³/mol. The van der Waals surface area contributed by atoms with E-state index in [4.69, 9.17) is 5.11 Å². The fourth-order valence-electron chi connectivity index (χ4n) is 0. The van der Waals surface area contributed by atoms with E-state index in [9.17, 15) is 4.79 Å². The molecule has 0 atom stereocenters. The van der Waals surface area contributed by atoms with Gasteiger partial charge in [-0.2, -0.15) is 0 Å². The third kappa shape index (κ3) is 3.92. The summed E-state index contributed by atoms with van der Waals surface area (Å²) in [6.45, 7) is 0. The molecule has 0 saturated carbocycles. The molecule has 0 heterocycles. The number of hydrogen-bond donors (Lipinski definition) is 2. The van der Waals surface area contributed by atoms with Gasteiger partial charge >= 0.3 is 34.3 Å². The Bertz CT molecular complexity index is 44.9. The minimum atomic E-state index is -1.03. The Kier molecular flexibility index (Phi) is 2.15. The van der Waals surface area contributed by atoms with Gasteiger partial charge in [-0.15, -0.1) is 0 Å². The zero-order valence-corrected chi connectivity index (χ0v) is 3.24. The maximum absolute atomic E-state index is 9.22. The molecule has 0 unspecified atom stereocenters. The van der Waals surface area contributed by atoms with Gasteiger partial charge in [-0.1, -0.05) is 0 Å². The van der Waals surface area contributed by atoms with Crippen molar-refractivity contribution in [2.45, 2.75) is 0 Å². The van der Waals surface area contributed by atoms with Crippen molar-refractivity contribution in [2.75, 3.05) is 0 Å². The summed E-state index contributed by atoms with van der Waals surface area (Å²) < 4.78 is 0. The van der Waals surface area contributed by atoms with Gasteiger partial charge in [0, 0.05) is 0 Å². The van der Waals surface area contributed by atoms with E-state index < -0.39 is 4.94 Å². The predicted octanol–water partition coefficient (Wildman–Crippen LogP) is -0.379. The SMILES string of the molecule is [NH2][Ni][C](=O)O. The number of carboxylic acid groups (broad SMARTS) is 1. The van der Waals surface area contributed by atoms with Gasteiger partial charge in [-0.05, 0) is 0 Å². The number of rotatable bonds is 1. The van der Waals surface area contributed by atoms with Crippen LogP contribution in [0.25, 0.3) is 0 Å². The van der Waals surface area contributed by atoms with Crippen LogP contribution in [0, 0.1) is 0 Å². The molecule has 0 aliphatic rings. The van der Waals surface area contributed by atoms with E-state index in [1.807, 2.05) is 0 Å². The Labute approximate surface area is 35.2 Å². The van der Waals surface area contributed by atoms with E-state index in [-0.39, 0.29) is 14.7 Å². The second-order valence-corrected chi connectivity index (χ2v) is 1.03. The summed E-state index contributed by atoms with van der Waals surface area (Å²) in [5.41, 5.74) is 0. The molecule has 0 spiro atoms. The van der Waals surface area contributed by atoms with Gasteiger partial charge in [-0.25, -0.2) is 0 Å². The van der Waals surface area contributed by atoms with Crippen molar-refractivity contribution in [1.29, 1.82) is 0 Å². The Morgan fingerprint density at radius 3 is 2.20 bits per heavy atom. The topological polar surface area (TPSA) is 63.3 Å². The van der Waals surface area contributed by atoms with Gasteiger partial charge in [0.15, 0.2) is 0 Å². The minimum absolute atomic E-state index is 0.153. The molecule has 3 N–H and O–H groups in total. The van der Waals surface area contributed by atoms with Crippen LogP contribution in [-0.4, -0.2) is 10.0 Å². The molecule has 34 valence electrons. The molecule has 0 aromatic rings. The first-order valence-corrected chi connectivity index (χ1v) is 1.83. The van der Waals surface area contributed by atoms with Crippen molar-refractivity contribution in [3.05, 3.63) is 0 Å². The third-order valence-corrected chi connectivity index (χ3v) is 0.322. The first-order valence-electron chi connectivity index (χ1n) is 0.768. The van der Waals surface area contributed by atoms with Crippen LogP contribution in [0.5, 0.6) is 0 Å². The summed E-state index contributed by atoms with van der Waals surface area (Å²) in [6, 6.07) is 0. The van der Waals surface area contributed by atoms with Gasteiger partial charge < -0.3 is 0 Å². The maximum atomic E-state index is 9.22. The summed E-state index contributed by atoms with van der Waals surface area (Å²) in [4.78, 5) is 12.7. The van der Waals surface area contributed by atoms with Crippen LogP contribution in [0.15, 0.2) is 0 Å². The molecule has 0 rings (SSSR count). The average Bonchev–Trinajstić information content (AvgIpc) is 1.38. The van der Waals surface area contributed by atoms with Crippen LogP contribution < -0.4 is 4.81 Å². The molecule has 0 aromatic heterocycles. The van der Waals surface area contributed by atoms with Crippen LogP contribution in [0.4, 0.5) is 4.79 Å². The quantitative estimate of drug-likeness (QED) is 0.463. The van der Waals surface area contributed by atoms with E-state index in [1.165, 1.54) is 0 Å². The summed E-state index contributed by atoms with van der Waals surface area (Å²) in [5, 5.41) is 7.57. The molecule has 0 saturated heterocycles. The van der Waals surface area contributed by atoms with Gasteiger partial charge in [-0.3, -0.25) is 0 Å². The Morgan fingerprint density at radius 1 is 2.00 bits per heavy atom. The van der Waals surface area contributed by atoms with Crippen LogP contribution >= 0.6 is 0 Å². The van der Waals surface area contributed by atoms with Crippen molar-refractivity contribution >= 4 is 4.94 Å². The normalized spacial score (nSPS) is 8.20. The van der Waals surface area contributed by atoms with Crippen molar-refractivity contribution in [3.63, 3.8) is 0 Å². The van der Waals surface area contributed by atoms with E-state index in [2.05, 4.69) is 4.81 Å². The molecule has 0 aliphatic carbocycles. The van der Waals surface area contributed by atoms with Gasteiger partial charge in [0.05, 0.1) is 0 Å². The summed E-state index contributed by atoms with van der Waals surface area (Å²) >= 11 is 0.153. The van der Waals surface area contributed by atoms with Gasteiger partial charge in [0.1, 0.15) is 0 Å². The fraction of sp³-hybridized carbons (Fsp3) is 0. The van der Waals surface area contributed by atoms with E-state index in [0.29, 0.717) is 0 Å². The van der Waals surface area contributed by atoms with Crippen molar-refractivity contribution in [3.8, 4) is 0 Å². The third-order valence-electron chi connectivity index (χ3n) is 0.0781. The Balaban J connectivity index is 2.85. The molecular weight excluding hydrogens is 117 g/mol. The van der Waals surface area contributed by atoms with Crippen LogP contribution in [0.3, 0.4) is 0 Å². The molecule has 3 nitrogen and oxygen atoms in total. The second-order valence-electron chi connectivity index (χ2n) is 0.318. The monoisotopic (exact) mass is 119 g/mol. The molecule has 0 amide bonds. The fourth-order valence-corrected chi connectivity index (χ4v) is 0. The Hall–Kier alpha value is -0.0765. The van der Waals surface area contributed by atoms with Crippen LogP contribution in [0.2, 0.25) is 0 Å². The number of nitrogens with two attached hydrogens (primary N) is 1. The van der Waals surface area contributed by atoms with Gasteiger partial charge in [0.2, 0.25) is 0 Å². The zero-order valence-electron chi connectivity index (χ0n) is 2.25. The molecule has 0 bridgehead atoms. The zero-order chi connectivity index (χ0) is 4.28. The average molecular weight is 120 g/mol. The summed E-state index contributed by atoms with van der Waals surface area (Å²) in [7, 11) is 0. The molecule has 0 aromatic carbocycles. The van der Waals surface area contributed by atoms with Crippen molar-refractivity contribution in [1.82, 2.24) is 0 Å². The summed E-state index contributed by atoms with van der Waals surface area (Å²) in [6.07, 6.45) is 0. The number of hydrogen-bond acceptors (Lipinski definition) is 2. The second kappa shape index (κ2) is 2.18. The molecule has 0 radical (unpaired) electrons. The standard InChI is InChI=1S/CHO2.H2N.Ni/c2-1-3;;/h(H,2,3);1H2;/q;-1;+1. The molecule has 0 fully saturated rings. The van der Waals surface area contributed by atoms with Crippen molar-refractivity contribution in [2.24, 2.45) is 4.81 Å². The molecular formula is CH3NNiO2. The summed E-state index contributed by atoms with van der Waals surface area (Å²) in [5.74, 6) is 0. The van der Waals surface area contributed by atoms with Crippen LogP contribution in [-0.2, 0) is 14.7 Å². The van der Waals surface area contributed by atoms with Crippen molar-refractivity contribution < 1.29 is 24.6 Å². The van der Waals surface area contributed by atoms with E-state index in [0.717, 1.165) is 0 Å². The van der Waals surface area contributed by atoms with E-state index >= 15 is 0 Å². The molecule has 4 heteroatoms. The molecule has 0 aliphatic heterocycles.